The van der Waals surface area contributed by atoms with Gasteiger partial charge in [0.15, 0.2) is 0 Å². The summed E-state index contributed by atoms with van der Waals surface area (Å²) in [5.41, 5.74) is 0. The van der Waals surface area contributed by atoms with E-state index in [0.29, 0.717) is 19.8 Å². The van der Waals surface area contributed by atoms with Gasteiger partial charge in [0.1, 0.15) is 6.61 Å². The molecule has 13 heteroatoms. The summed E-state index contributed by atoms with van der Waals surface area (Å²) >= 11 is 0. The Hall–Kier alpha value is 1.17. The molecule has 0 spiro atoms. The van der Waals surface area contributed by atoms with Crippen molar-refractivity contribution >= 4 is 17.2 Å². The summed E-state index contributed by atoms with van der Waals surface area (Å²) in [6.07, 6.45) is 51.0. The summed E-state index contributed by atoms with van der Waals surface area (Å²) in [5, 5.41) is 38.1. The maximum absolute atomic E-state index is 11.7. The van der Waals surface area contributed by atoms with Gasteiger partial charge in [-0.1, -0.05) is 308 Å². The van der Waals surface area contributed by atoms with E-state index in [2.05, 4.69) is 32.2 Å². The first-order valence-corrected chi connectivity index (χ1v) is 33.0. The quantitative estimate of drug-likeness (QED) is 0.0269. The summed E-state index contributed by atoms with van der Waals surface area (Å²) in [4.78, 5) is 21.5. The van der Waals surface area contributed by atoms with Crippen molar-refractivity contribution in [2.24, 2.45) is 0 Å². The van der Waals surface area contributed by atoms with Crippen molar-refractivity contribution in [2.45, 2.75) is 364 Å². The molecule has 0 radical (unpaired) electrons. The van der Waals surface area contributed by atoms with Gasteiger partial charge in [0.2, 0.25) is 0 Å². The second-order valence-corrected chi connectivity index (χ2v) is 22.8. The topological polar surface area (TPSA) is 176 Å². The Morgan fingerprint density at radius 3 is 0.685 bits per heavy atom. The first-order chi connectivity index (χ1) is 34.5. The summed E-state index contributed by atoms with van der Waals surface area (Å²) in [7, 11) is -3.43. The molecule has 0 aliphatic heterocycles. The summed E-state index contributed by atoms with van der Waals surface area (Å²) in [5.74, 6) is 0. The fourth-order valence-electron chi connectivity index (χ4n) is 7.03. The molecule has 1 atom stereocenters. The summed E-state index contributed by atoms with van der Waals surface area (Å²) in [6, 6.07) is 0. The van der Waals surface area contributed by atoms with Gasteiger partial charge in [-0.3, -0.25) is 9.42 Å². The SMILES string of the molecule is CC(C)[O-].CC(C)[O-].CC(C)[O-].CC(C)[O-].CCCCCCCCCCCCOP(O)[OH+]CCCCCCCCCCCC.CCCCCCCCCCCCOP([O-])OCCCCCCCCCCCC.[Ti+4]. The minimum Gasteiger partial charge on any atom is -0.852 e. The molecular weight excluding hydrogens is 990 g/mol. The molecule has 0 aromatic carbocycles. The van der Waals surface area contributed by atoms with E-state index in [1.807, 2.05) is 0 Å². The Bertz CT molecular complexity index is 711. The molecule has 0 saturated heterocycles. The Morgan fingerprint density at radius 1 is 0.315 bits per heavy atom. The Morgan fingerprint density at radius 2 is 0.479 bits per heavy atom. The minimum absolute atomic E-state index is 0. The number of hydrogen-bond acceptors (Lipinski definition) is 9. The molecule has 2 N–H and O–H groups in total. The predicted octanol–water partition coefficient (Wildman–Crippen LogP) is 16.1. The molecule has 0 aliphatic rings. The molecule has 0 saturated carbocycles. The fourth-order valence-corrected chi connectivity index (χ4v) is 8.34. The van der Waals surface area contributed by atoms with Gasteiger partial charge in [0, 0.05) is 6.42 Å². The molecule has 0 aromatic rings. The maximum Gasteiger partial charge on any atom is 4.00 e. The van der Waals surface area contributed by atoms with Gasteiger partial charge in [0.05, 0.1) is 28.4 Å². The van der Waals surface area contributed by atoms with Gasteiger partial charge >= 0.3 is 30.3 Å². The van der Waals surface area contributed by atoms with Crippen molar-refractivity contribution in [3.8, 4) is 0 Å². The largest absolute Gasteiger partial charge is 4.00 e. The van der Waals surface area contributed by atoms with Crippen LogP contribution in [0.25, 0.3) is 0 Å². The van der Waals surface area contributed by atoms with Crippen LogP contribution in [0.4, 0.5) is 0 Å². The van der Waals surface area contributed by atoms with E-state index in [0.717, 1.165) is 32.3 Å². The number of unbranched alkanes of at least 4 members (excludes halogenated alkanes) is 36. The van der Waals surface area contributed by atoms with Crippen LogP contribution in [-0.4, -0.2) is 60.3 Å². The van der Waals surface area contributed by atoms with Crippen molar-refractivity contribution in [3.63, 3.8) is 0 Å². The monoisotopic (exact) mass is 1120 g/mol. The first-order valence-electron chi connectivity index (χ1n) is 30.7. The predicted molar refractivity (Wildman–Crippen MR) is 309 cm³/mol. The molecule has 0 aromatic heterocycles. The van der Waals surface area contributed by atoms with Crippen molar-refractivity contribution in [2.75, 3.05) is 26.4 Å². The molecule has 0 bridgehead atoms. The molecule has 1 unspecified atom stereocenters. The summed E-state index contributed by atoms with van der Waals surface area (Å²) < 4.78 is 20.3. The molecule has 0 rings (SSSR count). The smallest absolute Gasteiger partial charge is 0.852 e. The van der Waals surface area contributed by atoms with E-state index in [-0.39, 0.29) is 21.7 Å². The zero-order valence-corrected chi connectivity index (χ0v) is 54.3. The molecule has 444 valence electrons. The third-order valence-corrected chi connectivity index (χ3v) is 12.5. The van der Waals surface area contributed by atoms with E-state index >= 15 is 0 Å². The van der Waals surface area contributed by atoms with E-state index in [1.54, 1.807) is 55.4 Å². The van der Waals surface area contributed by atoms with Gasteiger partial charge in [-0.2, -0.15) is 0 Å². The van der Waals surface area contributed by atoms with Crippen LogP contribution >= 0.6 is 17.2 Å². The zero-order valence-electron chi connectivity index (χ0n) is 51.0. The maximum atomic E-state index is 11.7. The van der Waals surface area contributed by atoms with E-state index in [1.165, 1.54) is 231 Å². The first kappa shape index (κ1) is 88.0. The van der Waals surface area contributed by atoms with Crippen LogP contribution in [0.15, 0.2) is 0 Å². The van der Waals surface area contributed by atoms with Crippen LogP contribution in [0.1, 0.15) is 340 Å². The van der Waals surface area contributed by atoms with Crippen LogP contribution in [-0.2, 0) is 35.3 Å². The van der Waals surface area contributed by atoms with Crippen molar-refractivity contribution < 1.29 is 70.0 Å². The molecule has 0 aliphatic carbocycles. The van der Waals surface area contributed by atoms with Crippen LogP contribution in [0.3, 0.4) is 0 Å². The van der Waals surface area contributed by atoms with Gasteiger partial charge in [-0.05, 0) is 25.7 Å². The van der Waals surface area contributed by atoms with E-state index in [9.17, 15) is 30.2 Å². The van der Waals surface area contributed by atoms with Gasteiger partial charge in [-0.15, -0.1) is 24.4 Å². The molecule has 0 amide bonds. The van der Waals surface area contributed by atoms with Gasteiger partial charge in [-0.25, -0.2) is 0 Å². The normalized spacial score (nSPS) is 11.2. The molecule has 0 fully saturated rings. The zero-order chi connectivity index (χ0) is 55.4. The number of hydrogen-bond donors (Lipinski definition) is 1. The van der Waals surface area contributed by atoms with Crippen LogP contribution in [0.5, 0.6) is 0 Å². The standard InChI is InChI=1S/C24H51O3P.C24H50O3P.4C3H7O.Ti/c2*1-3-5-7-9-11-13-15-17-19-21-23-26-28(25)27-24-22-20-18-16-14-12-10-8-6-4-2;4*1-3(2)4;/h25H,3-24H2,1-2H3;3-24H2,1-2H3;4*3H,1-2H3;/q;5*-1;+4/p+1. The molecule has 73 heavy (non-hydrogen) atoms. The third kappa shape index (κ3) is 131. The molecule has 10 nitrogen and oxygen atoms in total. The minimum atomic E-state index is -1.90. The van der Waals surface area contributed by atoms with E-state index in [4.69, 9.17) is 13.6 Å². The average Bonchev–Trinajstić information content (AvgIpc) is 3.30. The van der Waals surface area contributed by atoms with Crippen LogP contribution < -0.4 is 25.3 Å². The van der Waals surface area contributed by atoms with Crippen molar-refractivity contribution in [3.05, 3.63) is 0 Å². The number of rotatable bonds is 48. The van der Waals surface area contributed by atoms with Crippen molar-refractivity contribution in [1.82, 2.24) is 0 Å². The van der Waals surface area contributed by atoms with Crippen molar-refractivity contribution in [1.29, 1.82) is 0 Å². The van der Waals surface area contributed by atoms with Gasteiger partial charge in [0.25, 0.3) is 0 Å². The second kappa shape index (κ2) is 84.5. The third-order valence-electron chi connectivity index (χ3n) is 10.8. The molecular formula is C60H130O10P2Ti. The Balaban J connectivity index is -0.000000181. The van der Waals surface area contributed by atoms with E-state index < -0.39 is 41.6 Å². The van der Waals surface area contributed by atoms with Crippen LogP contribution in [0, 0.1) is 0 Å². The summed E-state index contributed by atoms with van der Waals surface area (Å²) in [6.45, 7) is 24.5. The number of aliphatic hydroxyl groups is 1. The molecule has 0 heterocycles. The average molecular weight is 1120 g/mol. The fraction of sp³-hybridized carbons (Fsp3) is 1.00. The van der Waals surface area contributed by atoms with Crippen LogP contribution in [0.2, 0.25) is 0 Å². The second-order valence-electron chi connectivity index (χ2n) is 20.8. The Kier molecular flexibility index (Phi) is 102. The Labute approximate surface area is 475 Å². The van der Waals surface area contributed by atoms with Gasteiger partial charge < -0.3 is 38.9 Å².